The molecule has 1 atom stereocenters. The van der Waals surface area contributed by atoms with Gasteiger partial charge in [0.15, 0.2) is 0 Å². The molecular formula is C21H25FN2O. The Bertz CT molecular complexity index is 687. The topological polar surface area (TPSA) is 23.6 Å². The van der Waals surface area contributed by atoms with Crippen LogP contribution in [-0.2, 0) is 17.9 Å². The third-order valence-electron chi connectivity index (χ3n) is 4.81. The lowest BCUT2D eigenvalue weighted by atomic mass is 9.96. The van der Waals surface area contributed by atoms with Crippen molar-refractivity contribution in [3.05, 3.63) is 71.5 Å². The first-order chi connectivity index (χ1) is 12.1. The fourth-order valence-electron chi connectivity index (χ4n) is 3.50. The van der Waals surface area contributed by atoms with E-state index in [1.807, 2.05) is 54.4 Å². The van der Waals surface area contributed by atoms with E-state index < -0.39 is 0 Å². The Labute approximate surface area is 149 Å². The summed E-state index contributed by atoms with van der Waals surface area (Å²) >= 11 is 0. The number of hydrogen-bond donors (Lipinski definition) is 0. The number of carbonyl (C=O) groups is 1. The molecule has 0 N–H and O–H groups in total. The van der Waals surface area contributed by atoms with Crippen molar-refractivity contribution in [1.29, 1.82) is 0 Å². The molecule has 3 rings (SSSR count). The van der Waals surface area contributed by atoms with Gasteiger partial charge in [-0.2, -0.15) is 0 Å². The maximum absolute atomic E-state index is 13.0. The highest BCUT2D eigenvalue weighted by Crippen LogP contribution is 2.21. The van der Waals surface area contributed by atoms with Crippen molar-refractivity contribution in [2.24, 2.45) is 5.92 Å². The lowest BCUT2D eigenvalue weighted by molar-refractivity contribution is -0.136. The molecule has 4 heteroatoms. The van der Waals surface area contributed by atoms with Gasteiger partial charge in [0.25, 0.3) is 0 Å². The largest absolute Gasteiger partial charge is 0.341 e. The van der Waals surface area contributed by atoms with E-state index in [1.54, 1.807) is 0 Å². The van der Waals surface area contributed by atoms with Crippen LogP contribution in [0.3, 0.4) is 0 Å². The van der Waals surface area contributed by atoms with E-state index in [1.165, 1.54) is 12.1 Å². The van der Waals surface area contributed by atoms with Crippen LogP contribution in [0, 0.1) is 11.7 Å². The minimum atomic E-state index is -0.210. The van der Waals surface area contributed by atoms with E-state index in [2.05, 4.69) is 4.90 Å². The second kappa shape index (κ2) is 8.26. The van der Waals surface area contributed by atoms with Gasteiger partial charge < -0.3 is 4.90 Å². The minimum Gasteiger partial charge on any atom is -0.341 e. The van der Waals surface area contributed by atoms with E-state index >= 15 is 0 Å². The fraction of sp³-hybridized carbons (Fsp3) is 0.381. The van der Waals surface area contributed by atoms with Gasteiger partial charge in [-0.3, -0.25) is 9.69 Å². The highest BCUT2D eigenvalue weighted by atomic mass is 19.1. The van der Waals surface area contributed by atoms with E-state index in [0.29, 0.717) is 6.54 Å². The van der Waals surface area contributed by atoms with Crippen LogP contribution in [0.15, 0.2) is 54.6 Å². The lowest BCUT2D eigenvalue weighted by Crippen LogP contribution is -2.43. The number of carbonyl (C=O) groups excluding carboxylic acids is 1. The first-order valence-corrected chi connectivity index (χ1v) is 8.87. The monoisotopic (exact) mass is 340 g/mol. The minimum absolute atomic E-state index is 0.0444. The number of hydrogen-bond acceptors (Lipinski definition) is 2. The molecular weight excluding hydrogens is 315 g/mol. The Kier molecular flexibility index (Phi) is 5.82. The molecule has 1 fully saturated rings. The van der Waals surface area contributed by atoms with Gasteiger partial charge in [-0.25, -0.2) is 4.39 Å². The number of amides is 1. The summed E-state index contributed by atoms with van der Waals surface area (Å²) in [6.07, 6.45) is 1.97. The Hall–Kier alpha value is -2.20. The van der Waals surface area contributed by atoms with Crippen molar-refractivity contribution in [3.8, 4) is 0 Å². The summed E-state index contributed by atoms with van der Waals surface area (Å²) in [4.78, 5) is 16.9. The molecule has 0 unspecified atom stereocenters. The quantitative estimate of drug-likeness (QED) is 0.829. The molecule has 132 valence electrons. The van der Waals surface area contributed by atoms with Gasteiger partial charge in [0, 0.05) is 26.7 Å². The Balaban J connectivity index is 1.56. The number of halogens is 1. The van der Waals surface area contributed by atoms with Gasteiger partial charge in [-0.05, 0) is 42.6 Å². The summed E-state index contributed by atoms with van der Waals surface area (Å²) in [7, 11) is 1.88. The van der Waals surface area contributed by atoms with Gasteiger partial charge >= 0.3 is 0 Å². The summed E-state index contributed by atoms with van der Waals surface area (Å²) in [5.41, 5.74) is 2.24. The number of nitrogens with zero attached hydrogens (tertiary/aromatic N) is 2. The second-order valence-corrected chi connectivity index (χ2v) is 6.88. The zero-order valence-corrected chi connectivity index (χ0v) is 14.7. The van der Waals surface area contributed by atoms with Crippen molar-refractivity contribution in [2.45, 2.75) is 25.9 Å². The molecule has 1 saturated heterocycles. The predicted octanol–water partition coefficient (Wildman–Crippen LogP) is 3.70. The predicted molar refractivity (Wildman–Crippen MR) is 97.3 cm³/mol. The van der Waals surface area contributed by atoms with Gasteiger partial charge in [0.2, 0.25) is 5.91 Å². The number of likely N-dealkylation sites (tertiary alicyclic amines) is 1. The molecule has 2 aromatic carbocycles. The van der Waals surface area contributed by atoms with Crippen LogP contribution in [-0.4, -0.2) is 35.8 Å². The molecule has 1 aliphatic rings. The Morgan fingerprint density at radius 1 is 1.12 bits per heavy atom. The van der Waals surface area contributed by atoms with E-state index in [-0.39, 0.29) is 17.6 Å². The van der Waals surface area contributed by atoms with Crippen LogP contribution in [0.4, 0.5) is 4.39 Å². The summed E-state index contributed by atoms with van der Waals surface area (Å²) in [5, 5.41) is 0. The van der Waals surface area contributed by atoms with E-state index in [9.17, 15) is 9.18 Å². The third kappa shape index (κ3) is 4.89. The van der Waals surface area contributed by atoms with Crippen LogP contribution in [0.25, 0.3) is 0 Å². The zero-order valence-electron chi connectivity index (χ0n) is 14.7. The summed E-state index contributed by atoms with van der Waals surface area (Å²) in [6.45, 7) is 3.18. The average Bonchev–Trinajstić information content (AvgIpc) is 2.64. The molecule has 0 spiro atoms. The van der Waals surface area contributed by atoms with Crippen LogP contribution < -0.4 is 0 Å². The molecule has 0 saturated carbocycles. The Morgan fingerprint density at radius 2 is 1.84 bits per heavy atom. The van der Waals surface area contributed by atoms with E-state index in [4.69, 9.17) is 0 Å². The summed E-state index contributed by atoms with van der Waals surface area (Å²) in [6, 6.07) is 16.7. The van der Waals surface area contributed by atoms with Gasteiger partial charge in [-0.1, -0.05) is 42.5 Å². The SMILES string of the molecule is CN(Cc1ccccc1)C(=O)[C@@H]1CCCN(Cc2ccc(F)cc2)C1. The highest BCUT2D eigenvalue weighted by molar-refractivity contribution is 5.78. The van der Waals surface area contributed by atoms with Crippen LogP contribution >= 0.6 is 0 Å². The molecule has 0 bridgehead atoms. The van der Waals surface area contributed by atoms with Crippen molar-refractivity contribution in [2.75, 3.05) is 20.1 Å². The van der Waals surface area contributed by atoms with Crippen LogP contribution in [0.2, 0.25) is 0 Å². The molecule has 3 nitrogen and oxygen atoms in total. The molecule has 25 heavy (non-hydrogen) atoms. The highest BCUT2D eigenvalue weighted by Gasteiger charge is 2.27. The van der Waals surface area contributed by atoms with Crippen molar-refractivity contribution in [3.63, 3.8) is 0 Å². The standard InChI is InChI=1S/C21H25FN2O/c1-23(14-17-6-3-2-4-7-17)21(25)19-8-5-13-24(16-19)15-18-9-11-20(22)12-10-18/h2-4,6-7,9-12,19H,5,8,13-16H2,1H3/t19-/m1/s1. The lowest BCUT2D eigenvalue weighted by Gasteiger charge is -2.34. The van der Waals surface area contributed by atoms with Gasteiger partial charge in [0.1, 0.15) is 5.82 Å². The zero-order chi connectivity index (χ0) is 17.6. The van der Waals surface area contributed by atoms with Crippen molar-refractivity contribution >= 4 is 5.91 Å². The smallest absolute Gasteiger partial charge is 0.227 e. The maximum atomic E-state index is 13.0. The van der Waals surface area contributed by atoms with Crippen molar-refractivity contribution in [1.82, 2.24) is 9.80 Å². The summed E-state index contributed by atoms with van der Waals surface area (Å²) < 4.78 is 13.0. The molecule has 1 aliphatic heterocycles. The van der Waals surface area contributed by atoms with Gasteiger partial charge in [-0.15, -0.1) is 0 Å². The second-order valence-electron chi connectivity index (χ2n) is 6.88. The van der Waals surface area contributed by atoms with Crippen molar-refractivity contribution < 1.29 is 9.18 Å². The normalized spacial score (nSPS) is 18.1. The Morgan fingerprint density at radius 3 is 2.56 bits per heavy atom. The molecule has 0 aliphatic carbocycles. The summed E-state index contributed by atoms with van der Waals surface area (Å²) in [5.74, 6) is 0.0496. The molecule has 0 aromatic heterocycles. The van der Waals surface area contributed by atoms with Gasteiger partial charge in [0.05, 0.1) is 5.92 Å². The maximum Gasteiger partial charge on any atom is 0.227 e. The molecule has 0 radical (unpaired) electrons. The number of rotatable bonds is 5. The molecule has 1 amide bonds. The molecule has 2 aromatic rings. The van der Waals surface area contributed by atoms with E-state index in [0.717, 1.165) is 43.6 Å². The van der Waals surface area contributed by atoms with Crippen LogP contribution in [0.1, 0.15) is 24.0 Å². The number of benzene rings is 2. The first-order valence-electron chi connectivity index (χ1n) is 8.87. The average molecular weight is 340 g/mol. The fourth-order valence-corrected chi connectivity index (χ4v) is 3.50. The number of piperidine rings is 1. The third-order valence-corrected chi connectivity index (χ3v) is 4.81. The first kappa shape index (κ1) is 17.6. The molecule has 1 heterocycles. The van der Waals surface area contributed by atoms with Crippen LogP contribution in [0.5, 0.6) is 0 Å².